The van der Waals surface area contributed by atoms with Crippen molar-refractivity contribution in [1.82, 2.24) is 5.32 Å². The number of hydrogen-bond donors (Lipinski definition) is 1. The van der Waals surface area contributed by atoms with Crippen molar-refractivity contribution in [1.29, 1.82) is 0 Å². The van der Waals surface area contributed by atoms with Crippen molar-refractivity contribution in [2.24, 2.45) is 0 Å². The lowest BCUT2D eigenvalue weighted by molar-refractivity contribution is -0.121. The van der Waals surface area contributed by atoms with Crippen molar-refractivity contribution in [3.05, 3.63) is 34.9 Å². The Morgan fingerprint density at radius 2 is 1.95 bits per heavy atom. The molecule has 0 spiro atoms. The second-order valence-electron chi connectivity index (χ2n) is 5.61. The van der Waals surface area contributed by atoms with Gasteiger partial charge in [-0.15, -0.1) is 0 Å². The van der Waals surface area contributed by atoms with Crippen molar-refractivity contribution in [3.8, 4) is 0 Å². The lowest BCUT2D eigenvalue weighted by atomic mass is 10.1. The fourth-order valence-corrected chi connectivity index (χ4v) is 2.73. The Bertz CT molecular complexity index is 427. The maximum atomic E-state index is 11.7. The zero-order valence-electron chi connectivity index (χ0n) is 12.4. The van der Waals surface area contributed by atoms with E-state index in [9.17, 15) is 4.79 Å². The van der Waals surface area contributed by atoms with E-state index in [1.807, 2.05) is 24.3 Å². The standard InChI is InChI=1S/C17H24ClNO2/c18-15-9-6-14(7-10-15)8-11-17(20)19-12-3-13-21-16-4-1-2-5-16/h6-7,9-10,16H,1-5,8,11-13H2,(H,19,20). The molecule has 0 heterocycles. The van der Waals surface area contributed by atoms with Gasteiger partial charge < -0.3 is 10.1 Å². The van der Waals surface area contributed by atoms with Gasteiger partial charge in [-0.2, -0.15) is 0 Å². The SMILES string of the molecule is O=C(CCc1ccc(Cl)cc1)NCCCOC1CCCC1. The minimum atomic E-state index is 0.103. The molecule has 0 bridgehead atoms. The topological polar surface area (TPSA) is 38.3 Å². The van der Waals surface area contributed by atoms with Gasteiger partial charge in [-0.25, -0.2) is 0 Å². The van der Waals surface area contributed by atoms with Gasteiger partial charge in [-0.05, 0) is 43.4 Å². The van der Waals surface area contributed by atoms with Crippen molar-refractivity contribution >= 4 is 17.5 Å². The van der Waals surface area contributed by atoms with Gasteiger partial charge in [0, 0.05) is 24.6 Å². The molecule has 0 saturated heterocycles. The number of aryl methyl sites for hydroxylation is 1. The van der Waals surface area contributed by atoms with Crippen molar-refractivity contribution in [2.45, 2.75) is 51.0 Å². The predicted octanol–water partition coefficient (Wildman–Crippen LogP) is 3.74. The molecule has 0 aromatic heterocycles. The molecule has 0 aliphatic heterocycles. The molecule has 1 aromatic carbocycles. The molecule has 1 N–H and O–H groups in total. The number of ether oxygens (including phenoxy) is 1. The van der Waals surface area contributed by atoms with Crippen LogP contribution in [0.5, 0.6) is 0 Å². The summed E-state index contributed by atoms with van der Waals surface area (Å²) in [6.45, 7) is 1.45. The Morgan fingerprint density at radius 3 is 2.67 bits per heavy atom. The van der Waals surface area contributed by atoms with Gasteiger partial charge in [0.25, 0.3) is 0 Å². The van der Waals surface area contributed by atoms with E-state index >= 15 is 0 Å². The van der Waals surface area contributed by atoms with Crippen LogP contribution in [0, 0.1) is 0 Å². The molecule has 1 fully saturated rings. The largest absolute Gasteiger partial charge is 0.378 e. The van der Waals surface area contributed by atoms with Crippen LogP contribution in [-0.2, 0) is 16.0 Å². The molecule has 0 unspecified atom stereocenters. The molecule has 1 aliphatic carbocycles. The molecule has 116 valence electrons. The highest BCUT2D eigenvalue weighted by molar-refractivity contribution is 6.30. The Balaban J connectivity index is 1.50. The summed E-state index contributed by atoms with van der Waals surface area (Å²) in [5.41, 5.74) is 1.14. The van der Waals surface area contributed by atoms with Crippen LogP contribution < -0.4 is 5.32 Å². The Kier molecular flexibility index (Phi) is 7.04. The first-order valence-corrected chi connectivity index (χ1v) is 8.24. The van der Waals surface area contributed by atoms with E-state index in [1.54, 1.807) is 0 Å². The molecule has 2 rings (SSSR count). The van der Waals surface area contributed by atoms with E-state index < -0.39 is 0 Å². The van der Waals surface area contributed by atoms with Gasteiger partial charge in [0.05, 0.1) is 6.10 Å². The normalized spacial score (nSPS) is 15.3. The molecule has 0 atom stereocenters. The molecule has 1 aliphatic rings. The van der Waals surface area contributed by atoms with Crippen molar-refractivity contribution in [3.63, 3.8) is 0 Å². The maximum Gasteiger partial charge on any atom is 0.220 e. The van der Waals surface area contributed by atoms with Crippen molar-refractivity contribution < 1.29 is 9.53 Å². The summed E-state index contributed by atoms with van der Waals surface area (Å²) >= 11 is 5.83. The van der Waals surface area contributed by atoms with Gasteiger partial charge in [-0.3, -0.25) is 4.79 Å². The van der Waals surface area contributed by atoms with Crippen LogP contribution in [0.4, 0.5) is 0 Å². The lowest BCUT2D eigenvalue weighted by Crippen LogP contribution is -2.25. The van der Waals surface area contributed by atoms with Crippen LogP contribution in [0.25, 0.3) is 0 Å². The molecule has 0 radical (unpaired) electrons. The van der Waals surface area contributed by atoms with Crippen LogP contribution in [0.3, 0.4) is 0 Å². The number of rotatable bonds is 8. The van der Waals surface area contributed by atoms with Crippen molar-refractivity contribution in [2.75, 3.05) is 13.2 Å². The molecule has 1 amide bonds. The van der Waals surface area contributed by atoms with E-state index in [4.69, 9.17) is 16.3 Å². The number of nitrogens with one attached hydrogen (secondary N) is 1. The van der Waals surface area contributed by atoms with Crippen LogP contribution in [0.15, 0.2) is 24.3 Å². The zero-order chi connectivity index (χ0) is 14.9. The highest BCUT2D eigenvalue weighted by Crippen LogP contribution is 2.20. The quantitative estimate of drug-likeness (QED) is 0.743. The summed E-state index contributed by atoms with van der Waals surface area (Å²) in [5, 5.41) is 3.67. The van der Waals surface area contributed by atoms with Gasteiger partial charge in [0.1, 0.15) is 0 Å². The average molecular weight is 310 g/mol. The Morgan fingerprint density at radius 1 is 1.24 bits per heavy atom. The first-order chi connectivity index (χ1) is 10.2. The maximum absolute atomic E-state index is 11.7. The van der Waals surface area contributed by atoms with E-state index in [2.05, 4.69) is 5.32 Å². The summed E-state index contributed by atoms with van der Waals surface area (Å²) in [4.78, 5) is 11.7. The highest BCUT2D eigenvalue weighted by atomic mass is 35.5. The minimum Gasteiger partial charge on any atom is -0.378 e. The minimum absolute atomic E-state index is 0.103. The third kappa shape index (κ3) is 6.49. The van der Waals surface area contributed by atoms with Crippen LogP contribution >= 0.6 is 11.6 Å². The summed E-state index contributed by atoms with van der Waals surface area (Å²) in [6, 6.07) is 7.64. The van der Waals surface area contributed by atoms with Gasteiger partial charge in [0.2, 0.25) is 5.91 Å². The fourth-order valence-electron chi connectivity index (χ4n) is 2.60. The predicted molar refractivity (Wildman–Crippen MR) is 85.6 cm³/mol. The molecule has 1 aromatic rings. The number of carbonyl (C=O) groups excluding carboxylic acids is 1. The fraction of sp³-hybridized carbons (Fsp3) is 0.588. The second kappa shape index (κ2) is 9.06. The molecule has 4 heteroatoms. The molecule has 21 heavy (non-hydrogen) atoms. The van der Waals surface area contributed by atoms with E-state index in [0.717, 1.165) is 30.0 Å². The number of halogens is 1. The summed E-state index contributed by atoms with van der Waals surface area (Å²) in [7, 11) is 0. The van der Waals surface area contributed by atoms with Gasteiger partial charge >= 0.3 is 0 Å². The summed E-state index contributed by atoms with van der Waals surface area (Å²) in [5.74, 6) is 0.103. The van der Waals surface area contributed by atoms with Gasteiger partial charge in [-0.1, -0.05) is 36.6 Å². The Hall–Kier alpha value is -1.06. The molecule has 3 nitrogen and oxygen atoms in total. The molecular weight excluding hydrogens is 286 g/mol. The van der Waals surface area contributed by atoms with Crippen LogP contribution in [0.2, 0.25) is 5.02 Å². The monoisotopic (exact) mass is 309 g/mol. The van der Waals surface area contributed by atoms with E-state index in [-0.39, 0.29) is 5.91 Å². The molecular formula is C17H24ClNO2. The van der Waals surface area contributed by atoms with E-state index in [0.29, 0.717) is 19.1 Å². The number of hydrogen-bond acceptors (Lipinski definition) is 2. The number of amides is 1. The molecule has 1 saturated carbocycles. The summed E-state index contributed by atoms with van der Waals surface area (Å²) in [6.07, 6.45) is 7.63. The average Bonchev–Trinajstić information content (AvgIpc) is 2.99. The third-order valence-corrected chi connectivity index (χ3v) is 4.11. The second-order valence-corrected chi connectivity index (χ2v) is 6.04. The van der Waals surface area contributed by atoms with Crippen LogP contribution in [0.1, 0.15) is 44.1 Å². The first-order valence-electron chi connectivity index (χ1n) is 7.87. The van der Waals surface area contributed by atoms with Crippen LogP contribution in [-0.4, -0.2) is 25.2 Å². The first kappa shape index (κ1) is 16.3. The zero-order valence-corrected chi connectivity index (χ0v) is 13.2. The number of carbonyl (C=O) groups is 1. The Labute approximate surface area is 132 Å². The smallest absolute Gasteiger partial charge is 0.220 e. The lowest BCUT2D eigenvalue weighted by Gasteiger charge is -2.11. The highest BCUT2D eigenvalue weighted by Gasteiger charge is 2.14. The number of benzene rings is 1. The van der Waals surface area contributed by atoms with Gasteiger partial charge in [0.15, 0.2) is 0 Å². The third-order valence-electron chi connectivity index (χ3n) is 3.85. The summed E-state index contributed by atoms with van der Waals surface area (Å²) < 4.78 is 5.76. The van der Waals surface area contributed by atoms with E-state index in [1.165, 1.54) is 25.7 Å².